The minimum absolute atomic E-state index is 0.0533. The van der Waals surface area contributed by atoms with Crippen LogP contribution in [0.5, 0.6) is 0 Å². The summed E-state index contributed by atoms with van der Waals surface area (Å²) in [4.78, 5) is 0. The van der Waals surface area contributed by atoms with Crippen LogP contribution in [0.15, 0.2) is 0 Å². The Kier molecular flexibility index (Phi) is 2.25. The molecule has 0 radical (unpaired) electrons. The molecule has 0 bridgehead atoms. The number of hydrogen-bond acceptors (Lipinski definition) is 1. The second-order valence-electron chi connectivity index (χ2n) is 1.71. The number of rotatable bonds is 1. The second kappa shape index (κ2) is 2.05. The second-order valence-corrected chi connectivity index (χ2v) is 4.49. The molecule has 0 atom stereocenters. The molecule has 0 aromatic heterocycles. The van der Waals surface area contributed by atoms with Crippen molar-refractivity contribution in [2.24, 2.45) is 0 Å². The quantitative estimate of drug-likeness (QED) is 0.373. The average molecular weight is 195 g/mol. The Hall–Kier alpha value is 0.595. The molecule has 0 rings (SSSR count). The molecule has 0 heterocycles. The van der Waals surface area contributed by atoms with E-state index in [2.05, 4.69) is 22.6 Å². The van der Waals surface area contributed by atoms with E-state index >= 15 is 0 Å². The van der Waals surface area contributed by atoms with Gasteiger partial charge >= 0.3 is 52.1 Å². The van der Waals surface area contributed by atoms with Gasteiger partial charge in [0.05, 0.1) is 0 Å². The normalized spacial score (nSPS) is 10.5. The summed E-state index contributed by atoms with van der Waals surface area (Å²) in [5, 5.41) is 6.72. The summed E-state index contributed by atoms with van der Waals surface area (Å²) in [6, 6.07) is 0. The van der Waals surface area contributed by atoms with Crippen LogP contribution in [0, 0.1) is 5.31 Å². The Morgan fingerprint density at radius 1 is 1.67 bits per heavy atom. The van der Waals surface area contributed by atoms with E-state index in [1.54, 1.807) is 0 Å². The SMILES string of the molecule is CC(C)(I)B=N. The van der Waals surface area contributed by atoms with E-state index in [4.69, 9.17) is 5.31 Å². The Labute approximate surface area is 52.4 Å². The fourth-order valence-corrected chi connectivity index (χ4v) is 0. The molecule has 0 unspecified atom stereocenters. The summed E-state index contributed by atoms with van der Waals surface area (Å²) in [5.74, 6) is 0. The van der Waals surface area contributed by atoms with Crippen LogP contribution in [0.1, 0.15) is 13.8 Å². The first-order valence-corrected chi connectivity index (χ1v) is 2.85. The predicted molar refractivity (Wildman–Crippen MR) is 36.6 cm³/mol. The Balaban J connectivity index is 3.45. The predicted octanol–water partition coefficient (Wildman–Crippen LogP) is 1.62. The first-order chi connectivity index (χ1) is 2.56. The van der Waals surface area contributed by atoms with Gasteiger partial charge < -0.3 is 0 Å². The maximum atomic E-state index is 6.72. The van der Waals surface area contributed by atoms with Crippen molar-refractivity contribution in [2.45, 2.75) is 17.2 Å². The van der Waals surface area contributed by atoms with Crippen molar-refractivity contribution in [1.29, 1.82) is 5.31 Å². The minimum atomic E-state index is 0.0533. The third kappa shape index (κ3) is 4.59. The van der Waals surface area contributed by atoms with Crippen molar-refractivity contribution in [3.8, 4) is 0 Å². The van der Waals surface area contributed by atoms with Gasteiger partial charge in [0.15, 0.2) is 0 Å². The van der Waals surface area contributed by atoms with Crippen molar-refractivity contribution < 1.29 is 0 Å². The fourth-order valence-electron chi connectivity index (χ4n) is 0. The maximum absolute atomic E-state index is 6.72. The van der Waals surface area contributed by atoms with E-state index in [9.17, 15) is 0 Å². The van der Waals surface area contributed by atoms with Gasteiger partial charge in [-0.2, -0.15) is 0 Å². The van der Waals surface area contributed by atoms with E-state index in [1.165, 1.54) is 7.07 Å². The van der Waals surface area contributed by atoms with Gasteiger partial charge in [-0.05, 0) is 0 Å². The summed E-state index contributed by atoms with van der Waals surface area (Å²) in [6.07, 6.45) is 0. The molecule has 0 saturated carbocycles. The molecule has 1 N–H and O–H groups in total. The molecule has 0 aromatic carbocycles. The monoisotopic (exact) mass is 195 g/mol. The van der Waals surface area contributed by atoms with Gasteiger partial charge in [0.2, 0.25) is 0 Å². The van der Waals surface area contributed by atoms with Crippen LogP contribution in [-0.4, -0.2) is 10.4 Å². The van der Waals surface area contributed by atoms with Crippen molar-refractivity contribution in [2.75, 3.05) is 0 Å². The molecule has 0 aliphatic carbocycles. The summed E-state index contributed by atoms with van der Waals surface area (Å²) in [5.41, 5.74) is 0. The summed E-state index contributed by atoms with van der Waals surface area (Å²) in [7, 11) is 1.42. The molecule has 0 aliphatic rings. The molecule has 0 amide bonds. The zero-order valence-electron chi connectivity index (χ0n) is 3.96. The summed E-state index contributed by atoms with van der Waals surface area (Å²) >= 11 is 2.20. The van der Waals surface area contributed by atoms with Gasteiger partial charge in [-0.15, -0.1) is 0 Å². The van der Waals surface area contributed by atoms with Gasteiger partial charge in [-0.1, -0.05) is 0 Å². The fraction of sp³-hybridized carbons (Fsp3) is 1.00. The van der Waals surface area contributed by atoms with E-state index in [1.807, 2.05) is 13.8 Å². The molecule has 1 nitrogen and oxygen atoms in total. The molecular weight excluding hydrogens is 188 g/mol. The topological polar surface area (TPSA) is 23.9 Å². The molecule has 0 saturated heterocycles. The average Bonchev–Trinajstić information content (AvgIpc) is 1.35. The van der Waals surface area contributed by atoms with Crippen LogP contribution < -0.4 is 0 Å². The molecule has 0 spiro atoms. The van der Waals surface area contributed by atoms with Crippen LogP contribution in [0.2, 0.25) is 0 Å². The first-order valence-electron chi connectivity index (χ1n) is 1.77. The molecule has 34 valence electrons. The van der Waals surface area contributed by atoms with Crippen molar-refractivity contribution in [3.63, 3.8) is 0 Å². The molecule has 0 fully saturated rings. The van der Waals surface area contributed by atoms with Crippen LogP contribution in [0.25, 0.3) is 0 Å². The number of hydrogen-bond donors (Lipinski definition) is 1. The van der Waals surface area contributed by atoms with E-state index in [-0.39, 0.29) is 3.32 Å². The van der Waals surface area contributed by atoms with Crippen LogP contribution >= 0.6 is 22.6 Å². The standard InChI is InChI=1S/C3H7BIN/c1-3(2,5)4-6/h6H,1-2H3. The first kappa shape index (κ1) is 6.59. The van der Waals surface area contributed by atoms with Gasteiger partial charge in [0.1, 0.15) is 0 Å². The van der Waals surface area contributed by atoms with E-state index in [0.717, 1.165) is 0 Å². The Bertz CT molecular complexity index is 56.3. The molecule has 0 aliphatic heterocycles. The number of halogens is 1. The third-order valence-electron chi connectivity index (χ3n) is 0.343. The van der Waals surface area contributed by atoms with E-state index < -0.39 is 0 Å². The van der Waals surface area contributed by atoms with Crippen LogP contribution in [0.3, 0.4) is 0 Å². The number of alkyl halides is 1. The Morgan fingerprint density at radius 3 is 1.83 bits per heavy atom. The van der Waals surface area contributed by atoms with Crippen molar-refractivity contribution in [3.05, 3.63) is 0 Å². The third-order valence-corrected chi connectivity index (χ3v) is 0.655. The van der Waals surface area contributed by atoms with Gasteiger partial charge in [0.25, 0.3) is 0 Å². The molecule has 3 heteroatoms. The zero-order chi connectivity index (χ0) is 5.21. The summed E-state index contributed by atoms with van der Waals surface area (Å²) in [6.45, 7) is 3.97. The Morgan fingerprint density at radius 2 is 1.83 bits per heavy atom. The zero-order valence-corrected chi connectivity index (χ0v) is 6.11. The molecular formula is C3H7BIN. The van der Waals surface area contributed by atoms with Gasteiger partial charge in [0, 0.05) is 0 Å². The van der Waals surface area contributed by atoms with Gasteiger partial charge in [-0.3, -0.25) is 0 Å². The van der Waals surface area contributed by atoms with Crippen LogP contribution in [-0.2, 0) is 0 Å². The molecule has 6 heavy (non-hydrogen) atoms. The van der Waals surface area contributed by atoms with Crippen molar-refractivity contribution in [1.82, 2.24) is 0 Å². The molecule has 0 aromatic rings. The van der Waals surface area contributed by atoms with E-state index in [0.29, 0.717) is 0 Å². The van der Waals surface area contributed by atoms with Crippen LogP contribution in [0.4, 0.5) is 0 Å². The summed E-state index contributed by atoms with van der Waals surface area (Å²) < 4.78 is 0.0533. The van der Waals surface area contributed by atoms with Crippen molar-refractivity contribution >= 4 is 29.7 Å². The van der Waals surface area contributed by atoms with Gasteiger partial charge in [-0.25, -0.2) is 0 Å². The number of nitrogens with one attached hydrogen (secondary N) is 1.